The Kier molecular flexibility index (Phi) is 3.38. The summed E-state index contributed by atoms with van der Waals surface area (Å²) in [5.41, 5.74) is 3.89. The first-order valence-electron chi connectivity index (χ1n) is 7.56. The van der Waals surface area contributed by atoms with Gasteiger partial charge in [-0.05, 0) is 41.6 Å². The van der Waals surface area contributed by atoms with E-state index in [9.17, 15) is 4.79 Å². The van der Waals surface area contributed by atoms with Crippen molar-refractivity contribution in [3.63, 3.8) is 0 Å². The van der Waals surface area contributed by atoms with Crippen LogP contribution in [0.5, 0.6) is 0 Å². The van der Waals surface area contributed by atoms with Crippen LogP contribution in [0.4, 0.5) is 0 Å². The van der Waals surface area contributed by atoms with E-state index in [4.69, 9.17) is 4.74 Å². The van der Waals surface area contributed by atoms with Crippen LogP contribution in [0.25, 0.3) is 10.8 Å². The highest BCUT2D eigenvalue weighted by molar-refractivity contribution is 7.98. The maximum atomic E-state index is 12.5. The van der Waals surface area contributed by atoms with E-state index in [0.29, 0.717) is 5.56 Å². The van der Waals surface area contributed by atoms with Gasteiger partial charge in [0, 0.05) is 16.0 Å². The fraction of sp³-hybridized carbons (Fsp3) is 0.150. The molecule has 0 saturated heterocycles. The van der Waals surface area contributed by atoms with Crippen LogP contribution in [-0.2, 0) is 4.74 Å². The molecule has 3 aromatic rings. The molecule has 0 amide bonds. The zero-order valence-corrected chi connectivity index (χ0v) is 13.8. The summed E-state index contributed by atoms with van der Waals surface area (Å²) in [5, 5.41) is 2.04. The van der Waals surface area contributed by atoms with Gasteiger partial charge in [0.1, 0.15) is 0 Å². The number of esters is 1. The average Bonchev–Trinajstić information content (AvgIpc) is 2.92. The number of carbonyl (C=O) groups is 1. The number of hydrogen-bond acceptors (Lipinski definition) is 3. The van der Waals surface area contributed by atoms with Crippen LogP contribution >= 0.6 is 11.8 Å². The molecule has 1 unspecified atom stereocenters. The molecule has 0 aromatic heterocycles. The summed E-state index contributed by atoms with van der Waals surface area (Å²) in [4.78, 5) is 13.7. The SMILES string of the molecule is CSc1ccc(C2OC(=O)c3c2ccc2ccccc32)c(C)c1. The number of cyclic esters (lactones) is 1. The van der Waals surface area contributed by atoms with Crippen LogP contribution in [0.3, 0.4) is 0 Å². The van der Waals surface area contributed by atoms with E-state index in [0.717, 1.165) is 27.5 Å². The summed E-state index contributed by atoms with van der Waals surface area (Å²) in [7, 11) is 0. The maximum Gasteiger partial charge on any atom is 0.340 e. The third-order valence-electron chi connectivity index (χ3n) is 4.43. The Balaban J connectivity index is 1.89. The quantitative estimate of drug-likeness (QED) is 0.483. The first kappa shape index (κ1) is 14.3. The van der Waals surface area contributed by atoms with Crippen LogP contribution in [0.2, 0.25) is 0 Å². The second-order valence-electron chi connectivity index (χ2n) is 5.76. The minimum Gasteiger partial charge on any atom is -0.449 e. The summed E-state index contributed by atoms with van der Waals surface area (Å²) in [6.45, 7) is 2.07. The lowest BCUT2D eigenvalue weighted by atomic mass is 9.93. The third-order valence-corrected chi connectivity index (χ3v) is 5.16. The molecule has 0 aliphatic carbocycles. The molecule has 1 aliphatic heterocycles. The lowest BCUT2D eigenvalue weighted by Gasteiger charge is -2.15. The Bertz CT molecular complexity index is 930. The zero-order valence-electron chi connectivity index (χ0n) is 13.0. The van der Waals surface area contributed by atoms with Gasteiger partial charge in [-0.2, -0.15) is 0 Å². The van der Waals surface area contributed by atoms with Gasteiger partial charge in [-0.15, -0.1) is 11.8 Å². The molecule has 0 fully saturated rings. The molecule has 1 atom stereocenters. The molecule has 114 valence electrons. The van der Waals surface area contributed by atoms with Crippen molar-refractivity contribution in [1.29, 1.82) is 0 Å². The van der Waals surface area contributed by atoms with Crippen molar-refractivity contribution in [2.45, 2.75) is 17.9 Å². The zero-order chi connectivity index (χ0) is 16.0. The number of benzene rings is 3. The minimum atomic E-state index is -0.307. The molecule has 4 rings (SSSR count). The maximum absolute atomic E-state index is 12.5. The van der Waals surface area contributed by atoms with Gasteiger partial charge in [0.15, 0.2) is 6.10 Å². The van der Waals surface area contributed by atoms with Gasteiger partial charge in [0.2, 0.25) is 0 Å². The number of ether oxygens (including phenoxy) is 1. The normalized spacial score (nSPS) is 16.4. The highest BCUT2D eigenvalue weighted by atomic mass is 32.2. The predicted octanol–water partition coefficient (Wildman–Crippen LogP) is 5.13. The molecular weight excluding hydrogens is 304 g/mol. The molecule has 1 aliphatic rings. The number of fused-ring (bicyclic) bond motifs is 3. The summed E-state index contributed by atoms with van der Waals surface area (Å²) in [6.07, 6.45) is 1.75. The van der Waals surface area contributed by atoms with Gasteiger partial charge in [-0.3, -0.25) is 0 Å². The van der Waals surface area contributed by atoms with E-state index in [1.807, 2.05) is 30.3 Å². The standard InChI is InChI=1S/C20H16O2S/c1-12-11-14(23-2)8-10-15(12)19-17-9-7-13-5-3-4-6-16(13)18(17)20(21)22-19/h3-11,19H,1-2H3. The van der Waals surface area contributed by atoms with E-state index < -0.39 is 0 Å². The molecule has 0 radical (unpaired) electrons. The Morgan fingerprint density at radius 1 is 1.00 bits per heavy atom. The van der Waals surface area contributed by atoms with Crippen molar-refractivity contribution in [1.82, 2.24) is 0 Å². The molecule has 0 saturated carbocycles. The third kappa shape index (κ3) is 2.23. The Hall–Kier alpha value is -2.26. The lowest BCUT2D eigenvalue weighted by Crippen LogP contribution is -2.02. The predicted molar refractivity (Wildman–Crippen MR) is 94.2 cm³/mol. The fourth-order valence-electron chi connectivity index (χ4n) is 3.26. The second kappa shape index (κ2) is 5.43. The molecule has 2 nitrogen and oxygen atoms in total. The summed E-state index contributed by atoms with van der Waals surface area (Å²) < 4.78 is 5.73. The highest BCUT2D eigenvalue weighted by Crippen LogP contribution is 2.40. The smallest absolute Gasteiger partial charge is 0.340 e. The average molecular weight is 320 g/mol. The Labute approximate surface area is 139 Å². The Morgan fingerprint density at radius 2 is 1.78 bits per heavy atom. The first-order chi connectivity index (χ1) is 11.2. The number of hydrogen-bond donors (Lipinski definition) is 0. The van der Waals surface area contributed by atoms with Gasteiger partial charge in [0.25, 0.3) is 0 Å². The monoisotopic (exact) mass is 320 g/mol. The van der Waals surface area contributed by atoms with Gasteiger partial charge < -0.3 is 4.74 Å². The van der Waals surface area contributed by atoms with E-state index in [2.05, 4.69) is 37.4 Å². The molecule has 1 heterocycles. The van der Waals surface area contributed by atoms with E-state index >= 15 is 0 Å². The fourth-order valence-corrected chi connectivity index (χ4v) is 3.76. The van der Waals surface area contributed by atoms with Gasteiger partial charge >= 0.3 is 5.97 Å². The molecule has 0 N–H and O–H groups in total. The summed E-state index contributed by atoms with van der Waals surface area (Å²) >= 11 is 1.71. The molecule has 0 spiro atoms. The number of aryl methyl sites for hydroxylation is 1. The van der Waals surface area contributed by atoms with E-state index in [1.54, 1.807) is 11.8 Å². The highest BCUT2D eigenvalue weighted by Gasteiger charge is 2.34. The second-order valence-corrected chi connectivity index (χ2v) is 6.64. The van der Waals surface area contributed by atoms with Gasteiger partial charge in [0.05, 0.1) is 5.56 Å². The minimum absolute atomic E-state index is 0.227. The molecule has 3 aromatic carbocycles. The lowest BCUT2D eigenvalue weighted by molar-refractivity contribution is 0.0456. The molecule has 23 heavy (non-hydrogen) atoms. The Morgan fingerprint density at radius 3 is 2.57 bits per heavy atom. The van der Waals surface area contributed by atoms with Crippen LogP contribution in [0.1, 0.15) is 33.2 Å². The van der Waals surface area contributed by atoms with Crippen LogP contribution < -0.4 is 0 Å². The number of rotatable bonds is 2. The van der Waals surface area contributed by atoms with Crippen LogP contribution in [0.15, 0.2) is 59.5 Å². The first-order valence-corrected chi connectivity index (χ1v) is 8.78. The molecular formula is C20H16O2S. The largest absolute Gasteiger partial charge is 0.449 e. The topological polar surface area (TPSA) is 26.3 Å². The van der Waals surface area contributed by atoms with Crippen molar-refractivity contribution >= 4 is 28.5 Å². The van der Waals surface area contributed by atoms with Gasteiger partial charge in [-0.1, -0.05) is 42.5 Å². The van der Waals surface area contributed by atoms with Crippen molar-refractivity contribution < 1.29 is 9.53 Å². The van der Waals surface area contributed by atoms with E-state index in [1.165, 1.54) is 4.90 Å². The summed E-state index contributed by atoms with van der Waals surface area (Å²) in [5.74, 6) is -0.227. The summed E-state index contributed by atoms with van der Waals surface area (Å²) in [6, 6.07) is 18.3. The molecule has 3 heteroatoms. The number of thioether (sulfide) groups is 1. The van der Waals surface area contributed by atoms with Crippen LogP contribution in [0, 0.1) is 6.92 Å². The van der Waals surface area contributed by atoms with Crippen molar-refractivity contribution in [3.05, 3.63) is 76.9 Å². The van der Waals surface area contributed by atoms with Crippen molar-refractivity contribution in [3.8, 4) is 0 Å². The van der Waals surface area contributed by atoms with Crippen molar-refractivity contribution in [2.24, 2.45) is 0 Å². The molecule has 0 bridgehead atoms. The van der Waals surface area contributed by atoms with Crippen LogP contribution in [-0.4, -0.2) is 12.2 Å². The van der Waals surface area contributed by atoms with E-state index in [-0.39, 0.29) is 12.1 Å². The number of carbonyl (C=O) groups excluding carboxylic acids is 1. The van der Waals surface area contributed by atoms with Crippen molar-refractivity contribution in [2.75, 3.05) is 6.26 Å². The van der Waals surface area contributed by atoms with Gasteiger partial charge in [-0.25, -0.2) is 4.79 Å².